The summed E-state index contributed by atoms with van der Waals surface area (Å²) in [5.74, 6) is 1.28. The van der Waals surface area contributed by atoms with Crippen molar-refractivity contribution in [1.29, 1.82) is 0 Å². The van der Waals surface area contributed by atoms with Gasteiger partial charge in [0.1, 0.15) is 5.75 Å². The Morgan fingerprint density at radius 3 is 2.18 bits per heavy atom. The molecule has 3 nitrogen and oxygen atoms in total. The van der Waals surface area contributed by atoms with E-state index in [4.69, 9.17) is 9.47 Å². The van der Waals surface area contributed by atoms with Crippen molar-refractivity contribution in [2.75, 3.05) is 33.4 Å². The number of hydrogen-bond donors (Lipinski definition) is 0. The highest BCUT2D eigenvalue weighted by molar-refractivity contribution is 8.04. The molecule has 2 aromatic rings. The molecular formula is C30H39NO2S. The van der Waals surface area contributed by atoms with Crippen LogP contribution in [0.15, 0.2) is 90.1 Å². The Hall–Kier alpha value is -2.27. The lowest BCUT2D eigenvalue weighted by Gasteiger charge is -2.25. The molecule has 0 bridgehead atoms. The normalized spacial score (nSPS) is 21.1. The van der Waals surface area contributed by atoms with Crippen molar-refractivity contribution in [1.82, 2.24) is 4.90 Å². The first-order valence-corrected chi connectivity index (χ1v) is 13.5. The van der Waals surface area contributed by atoms with Crippen LogP contribution in [0.2, 0.25) is 0 Å². The number of rotatable bonds is 6. The first kappa shape index (κ1) is 26.3. The number of thioether (sulfide) groups is 1. The van der Waals surface area contributed by atoms with Crippen molar-refractivity contribution in [2.45, 2.75) is 38.4 Å². The molecule has 0 N–H and O–H groups in total. The molecule has 2 aromatic carbocycles. The summed E-state index contributed by atoms with van der Waals surface area (Å²) in [6.07, 6.45) is 13.0. The van der Waals surface area contributed by atoms with Gasteiger partial charge in [-0.25, -0.2) is 0 Å². The van der Waals surface area contributed by atoms with Crippen LogP contribution < -0.4 is 4.74 Å². The van der Waals surface area contributed by atoms with Crippen LogP contribution in [0.5, 0.6) is 5.75 Å². The van der Waals surface area contributed by atoms with E-state index in [2.05, 4.69) is 59.5 Å². The molecule has 1 fully saturated rings. The molecule has 1 saturated heterocycles. The number of piperidine rings is 1. The van der Waals surface area contributed by atoms with Crippen molar-refractivity contribution in [3.05, 3.63) is 95.6 Å². The van der Waals surface area contributed by atoms with Gasteiger partial charge in [0.15, 0.2) is 5.09 Å². The molecule has 2 atom stereocenters. The number of allylic oxidation sites excluding steroid dienone is 4. The van der Waals surface area contributed by atoms with Gasteiger partial charge in [-0.05, 0) is 43.6 Å². The lowest BCUT2D eigenvalue weighted by molar-refractivity contribution is 0.135. The van der Waals surface area contributed by atoms with Crippen LogP contribution in [0.4, 0.5) is 0 Å². The molecule has 2 heterocycles. The van der Waals surface area contributed by atoms with Gasteiger partial charge in [-0.3, -0.25) is 0 Å². The Morgan fingerprint density at radius 2 is 1.50 bits per heavy atom. The lowest BCUT2D eigenvalue weighted by atomic mass is 9.88. The number of para-hydroxylation sites is 1. The molecule has 182 valence electrons. The van der Waals surface area contributed by atoms with Crippen molar-refractivity contribution >= 4 is 17.3 Å². The molecule has 1 aliphatic carbocycles. The quantitative estimate of drug-likeness (QED) is 0.431. The number of likely N-dealkylation sites (tertiary alicyclic amines) is 1. The summed E-state index contributed by atoms with van der Waals surface area (Å²) in [6, 6.07) is 20.6. The monoisotopic (exact) mass is 477 g/mol. The third-order valence-corrected chi connectivity index (χ3v) is 7.22. The molecule has 4 heteroatoms. The molecule has 0 radical (unpaired) electrons. The SMILES string of the molecule is C1=CC2SC(Oc3ccccc3)=C(c3ccccc3)C2C=C1.CC.COCCN1CCCCC1. The fourth-order valence-corrected chi connectivity index (χ4v) is 5.60. The van der Waals surface area contributed by atoms with Crippen LogP contribution in [0.3, 0.4) is 0 Å². The largest absolute Gasteiger partial charge is 0.450 e. The zero-order chi connectivity index (χ0) is 24.0. The molecule has 0 amide bonds. The topological polar surface area (TPSA) is 21.7 Å². The Labute approximate surface area is 210 Å². The van der Waals surface area contributed by atoms with E-state index in [-0.39, 0.29) is 0 Å². The number of methoxy groups -OCH3 is 1. The molecule has 5 rings (SSSR count). The molecular weight excluding hydrogens is 438 g/mol. The van der Waals surface area contributed by atoms with Gasteiger partial charge >= 0.3 is 0 Å². The van der Waals surface area contributed by atoms with E-state index >= 15 is 0 Å². The van der Waals surface area contributed by atoms with Gasteiger partial charge in [-0.2, -0.15) is 0 Å². The van der Waals surface area contributed by atoms with Gasteiger partial charge in [0.25, 0.3) is 0 Å². The maximum absolute atomic E-state index is 6.21. The predicted octanol–water partition coefficient (Wildman–Crippen LogP) is 7.44. The fraction of sp³-hybridized carbons (Fsp3) is 0.400. The van der Waals surface area contributed by atoms with E-state index in [0.29, 0.717) is 11.2 Å². The molecule has 0 aromatic heterocycles. The third kappa shape index (κ3) is 7.63. The van der Waals surface area contributed by atoms with Crippen LogP contribution in [0.1, 0.15) is 38.7 Å². The highest BCUT2D eigenvalue weighted by Crippen LogP contribution is 2.49. The summed E-state index contributed by atoms with van der Waals surface area (Å²) in [7, 11) is 1.77. The fourth-order valence-electron chi connectivity index (χ4n) is 4.29. The summed E-state index contributed by atoms with van der Waals surface area (Å²) in [4.78, 5) is 2.48. The first-order chi connectivity index (χ1) is 16.8. The highest BCUT2D eigenvalue weighted by Gasteiger charge is 2.35. The molecule has 0 saturated carbocycles. The summed E-state index contributed by atoms with van der Waals surface area (Å²) in [5.41, 5.74) is 2.54. The van der Waals surface area contributed by atoms with Gasteiger partial charge in [-0.15, -0.1) is 0 Å². The number of hydrogen-bond acceptors (Lipinski definition) is 4. The first-order valence-electron chi connectivity index (χ1n) is 12.6. The number of fused-ring (bicyclic) bond motifs is 1. The molecule has 2 aliphatic heterocycles. The summed E-state index contributed by atoms with van der Waals surface area (Å²) in [6.45, 7) is 8.57. The molecule has 0 spiro atoms. The molecule has 34 heavy (non-hydrogen) atoms. The van der Waals surface area contributed by atoms with Crippen molar-refractivity contribution in [3.8, 4) is 5.75 Å². The zero-order valence-corrected chi connectivity index (χ0v) is 21.7. The van der Waals surface area contributed by atoms with Gasteiger partial charge in [0.2, 0.25) is 0 Å². The van der Waals surface area contributed by atoms with Crippen LogP contribution in [-0.2, 0) is 4.74 Å². The summed E-state index contributed by atoms with van der Waals surface area (Å²) >= 11 is 1.81. The molecule has 2 unspecified atom stereocenters. The second-order valence-electron chi connectivity index (χ2n) is 8.26. The minimum Gasteiger partial charge on any atom is -0.450 e. The second-order valence-corrected chi connectivity index (χ2v) is 9.41. The van der Waals surface area contributed by atoms with Gasteiger partial charge in [0, 0.05) is 30.4 Å². The Morgan fingerprint density at radius 1 is 0.853 bits per heavy atom. The van der Waals surface area contributed by atoms with E-state index in [9.17, 15) is 0 Å². The van der Waals surface area contributed by atoms with E-state index in [1.807, 2.05) is 55.9 Å². The smallest absolute Gasteiger partial charge is 0.165 e. The zero-order valence-electron chi connectivity index (χ0n) is 20.9. The number of ether oxygens (including phenoxy) is 2. The van der Waals surface area contributed by atoms with E-state index < -0.39 is 0 Å². The Kier molecular flexibility index (Phi) is 11.5. The Balaban J connectivity index is 0.000000228. The van der Waals surface area contributed by atoms with E-state index in [1.165, 1.54) is 43.5 Å². The van der Waals surface area contributed by atoms with Crippen molar-refractivity contribution in [3.63, 3.8) is 0 Å². The van der Waals surface area contributed by atoms with Crippen LogP contribution in [-0.4, -0.2) is 43.5 Å². The Bertz CT molecular complexity index is 917. The predicted molar refractivity (Wildman–Crippen MR) is 147 cm³/mol. The van der Waals surface area contributed by atoms with Crippen LogP contribution in [0, 0.1) is 5.92 Å². The van der Waals surface area contributed by atoms with Crippen molar-refractivity contribution in [2.24, 2.45) is 5.92 Å². The lowest BCUT2D eigenvalue weighted by Crippen LogP contribution is -2.32. The van der Waals surface area contributed by atoms with Gasteiger partial charge in [0.05, 0.1) is 6.61 Å². The van der Waals surface area contributed by atoms with Crippen molar-refractivity contribution < 1.29 is 9.47 Å². The van der Waals surface area contributed by atoms with Gasteiger partial charge < -0.3 is 14.4 Å². The minimum atomic E-state index is 0.385. The van der Waals surface area contributed by atoms with E-state index in [0.717, 1.165) is 24.0 Å². The minimum absolute atomic E-state index is 0.385. The van der Waals surface area contributed by atoms with Crippen LogP contribution >= 0.6 is 11.8 Å². The maximum Gasteiger partial charge on any atom is 0.165 e. The van der Waals surface area contributed by atoms with Gasteiger partial charge in [-0.1, -0.05) is 105 Å². The second kappa shape index (κ2) is 14.9. The molecule has 3 aliphatic rings. The highest BCUT2D eigenvalue weighted by atomic mass is 32.2. The van der Waals surface area contributed by atoms with Crippen LogP contribution in [0.25, 0.3) is 5.57 Å². The number of nitrogens with zero attached hydrogens (tertiary/aromatic N) is 1. The standard InChI is InChI=1S/C20H16OS.C8H17NO.C2H6/c1-3-9-15(10-4-1)19-17-13-7-8-14-18(17)22-20(19)21-16-11-5-2-6-12-16;1-10-8-7-9-5-3-2-4-6-9;1-2/h1-14,17-18H;2-8H2,1H3;1-2H3. The average Bonchev–Trinajstić information content (AvgIpc) is 3.28. The maximum atomic E-state index is 6.21. The number of benzene rings is 2. The summed E-state index contributed by atoms with van der Waals surface area (Å²) < 4.78 is 11.2. The third-order valence-electron chi connectivity index (χ3n) is 5.98. The average molecular weight is 478 g/mol. The van der Waals surface area contributed by atoms with E-state index in [1.54, 1.807) is 7.11 Å². The summed E-state index contributed by atoms with van der Waals surface area (Å²) in [5, 5.41) is 1.45.